The largest absolute Gasteiger partial charge is 0.377 e. The molecule has 0 bridgehead atoms. The smallest absolute Gasteiger partial charge is 0.162 e. The van der Waals surface area contributed by atoms with Gasteiger partial charge in [0.05, 0.1) is 30.5 Å². The number of hydrogen-bond acceptors (Lipinski definition) is 6. The Morgan fingerprint density at radius 3 is 3.00 bits per heavy atom. The zero-order valence-electron chi connectivity index (χ0n) is 15.9. The number of H-pyrrole nitrogens is 1. The van der Waals surface area contributed by atoms with Crippen molar-refractivity contribution in [3.63, 3.8) is 0 Å². The van der Waals surface area contributed by atoms with Crippen molar-refractivity contribution in [3.8, 4) is 11.4 Å². The van der Waals surface area contributed by atoms with E-state index in [0.717, 1.165) is 60.2 Å². The maximum absolute atomic E-state index is 5.64. The first-order chi connectivity index (χ1) is 13.0. The van der Waals surface area contributed by atoms with Gasteiger partial charge in [-0.3, -0.25) is 0 Å². The highest BCUT2D eigenvalue weighted by Crippen LogP contribution is 2.37. The Hall–Kier alpha value is -2.51. The first-order valence-electron chi connectivity index (χ1n) is 9.48. The minimum Gasteiger partial charge on any atom is -0.377 e. The lowest BCUT2D eigenvalue weighted by Crippen LogP contribution is -2.44. The summed E-state index contributed by atoms with van der Waals surface area (Å²) in [6, 6.07) is 4.33. The minimum absolute atomic E-state index is 0.179. The molecular formula is C20H24N6O. The SMILES string of the molecule is C[C@@H]1COCCN1c1nc(-c2ccnc3[nH]ccc23)nc2c1CNC2(C)C. The number of fused-ring (bicyclic) bond motifs is 2. The van der Waals surface area contributed by atoms with Crippen molar-refractivity contribution in [2.75, 3.05) is 24.7 Å². The van der Waals surface area contributed by atoms with E-state index in [4.69, 9.17) is 14.7 Å². The number of ether oxygens (including phenoxy) is 1. The number of aromatic amines is 1. The molecule has 7 heteroatoms. The molecule has 2 aliphatic rings. The second-order valence-electron chi connectivity index (χ2n) is 7.89. The van der Waals surface area contributed by atoms with Crippen LogP contribution >= 0.6 is 0 Å². The van der Waals surface area contributed by atoms with Crippen LogP contribution in [0.2, 0.25) is 0 Å². The number of nitrogens with one attached hydrogen (secondary N) is 2. The Balaban J connectivity index is 1.73. The van der Waals surface area contributed by atoms with E-state index in [2.05, 4.69) is 41.0 Å². The molecule has 0 aliphatic carbocycles. The molecule has 1 atom stereocenters. The number of pyridine rings is 1. The summed E-state index contributed by atoms with van der Waals surface area (Å²) in [6.07, 6.45) is 3.72. The van der Waals surface area contributed by atoms with Gasteiger partial charge >= 0.3 is 0 Å². The van der Waals surface area contributed by atoms with Crippen molar-refractivity contribution in [1.82, 2.24) is 25.3 Å². The van der Waals surface area contributed by atoms with Gasteiger partial charge in [0, 0.05) is 42.0 Å². The average molecular weight is 364 g/mol. The summed E-state index contributed by atoms with van der Waals surface area (Å²) in [4.78, 5) is 20.0. The predicted molar refractivity (Wildman–Crippen MR) is 105 cm³/mol. The normalized spacial score (nSPS) is 21.6. The molecule has 1 saturated heterocycles. The van der Waals surface area contributed by atoms with E-state index >= 15 is 0 Å². The van der Waals surface area contributed by atoms with Gasteiger partial charge in [-0.25, -0.2) is 15.0 Å². The molecule has 0 spiro atoms. The molecule has 0 amide bonds. The lowest BCUT2D eigenvalue weighted by atomic mass is 10.00. The van der Waals surface area contributed by atoms with Gasteiger partial charge in [0.2, 0.25) is 0 Å². The van der Waals surface area contributed by atoms with E-state index in [1.54, 1.807) is 0 Å². The van der Waals surface area contributed by atoms with Crippen molar-refractivity contribution in [3.05, 3.63) is 35.8 Å². The van der Waals surface area contributed by atoms with E-state index in [-0.39, 0.29) is 5.54 Å². The van der Waals surface area contributed by atoms with Crippen LogP contribution in [-0.4, -0.2) is 45.7 Å². The van der Waals surface area contributed by atoms with Gasteiger partial charge in [-0.15, -0.1) is 0 Å². The number of rotatable bonds is 2. The Morgan fingerprint density at radius 1 is 1.26 bits per heavy atom. The highest BCUT2D eigenvalue weighted by molar-refractivity contribution is 5.91. The molecule has 1 fully saturated rings. The quantitative estimate of drug-likeness (QED) is 0.728. The molecule has 3 aromatic rings. The van der Waals surface area contributed by atoms with Crippen LogP contribution in [0.15, 0.2) is 24.5 Å². The van der Waals surface area contributed by atoms with E-state index in [9.17, 15) is 0 Å². The van der Waals surface area contributed by atoms with E-state index in [0.29, 0.717) is 6.04 Å². The molecule has 0 radical (unpaired) electrons. The molecule has 2 aliphatic heterocycles. The summed E-state index contributed by atoms with van der Waals surface area (Å²) in [5.41, 5.74) is 3.98. The van der Waals surface area contributed by atoms with Crippen molar-refractivity contribution in [2.24, 2.45) is 0 Å². The van der Waals surface area contributed by atoms with Gasteiger partial charge in [0.15, 0.2) is 5.82 Å². The number of anilines is 1. The Labute approximate surface area is 158 Å². The first kappa shape index (κ1) is 16.6. The summed E-state index contributed by atoms with van der Waals surface area (Å²) in [7, 11) is 0. The maximum atomic E-state index is 5.64. The molecule has 0 aromatic carbocycles. The summed E-state index contributed by atoms with van der Waals surface area (Å²) in [5.74, 6) is 1.79. The van der Waals surface area contributed by atoms with Gasteiger partial charge in [0.1, 0.15) is 11.5 Å². The van der Waals surface area contributed by atoms with Crippen molar-refractivity contribution < 1.29 is 4.74 Å². The molecule has 0 saturated carbocycles. The number of hydrogen-bond donors (Lipinski definition) is 2. The van der Waals surface area contributed by atoms with Crippen molar-refractivity contribution in [1.29, 1.82) is 0 Å². The monoisotopic (exact) mass is 364 g/mol. The third-order valence-electron chi connectivity index (χ3n) is 5.63. The predicted octanol–water partition coefficient (Wildman–Crippen LogP) is 2.58. The van der Waals surface area contributed by atoms with Crippen molar-refractivity contribution >= 4 is 16.9 Å². The zero-order chi connectivity index (χ0) is 18.6. The summed E-state index contributed by atoms with van der Waals surface area (Å²) >= 11 is 0. The summed E-state index contributed by atoms with van der Waals surface area (Å²) < 4.78 is 5.64. The fourth-order valence-corrected chi connectivity index (χ4v) is 4.10. The molecule has 5 heterocycles. The topological polar surface area (TPSA) is 79.0 Å². The van der Waals surface area contributed by atoms with Crippen LogP contribution in [0, 0.1) is 0 Å². The maximum Gasteiger partial charge on any atom is 0.162 e. The van der Waals surface area contributed by atoms with Crippen LogP contribution in [0.3, 0.4) is 0 Å². The third-order valence-corrected chi connectivity index (χ3v) is 5.63. The molecule has 0 unspecified atom stereocenters. The third kappa shape index (κ3) is 2.61. The highest BCUT2D eigenvalue weighted by atomic mass is 16.5. The van der Waals surface area contributed by atoms with Crippen LogP contribution < -0.4 is 10.2 Å². The van der Waals surface area contributed by atoms with Crippen LogP contribution in [0.25, 0.3) is 22.4 Å². The molecule has 2 N–H and O–H groups in total. The number of morpholine rings is 1. The Morgan fingerprint density at radius 2 is 2.15 bits per heavy atom. The molecule has 3 aromatic heterocycles. The van der Waals surface area contributed by atoms with Gasteiger partial charge in [-0.1, -0.05) is 0 Å². The summed E-state index contributed by atoms with van der Waals surface area (Å²) in [5, 5.41) is 4.63. The van der Waals surface area contributed by atoms with Crippen molar-refractivity contribution in [2.45, 2.75) is 38.9 Å². The number of nitrogens with zero attached hydrogens (tertiary/aromatic N) is 4. The average Bonchev–Trinajstić information content (AvgIpc) is 3.26. The van der Waals surface area contributed by atoms with Gasteiger partial charge < -0.3 is 19.9 Å². The Kier molecular flexibility index (Phi) is 3.70. The van der Waals surface area contributed by atoms with E-state index < -0.39 is 0 Å². The lowest BCUT2D eigenvalue weighted by molar-refractivity contribution is 0.0984. The van der Waals surface area contributed by atoms with Gasteiger partial charge in [-0.05, 0) is 32.9 Å². The summed E-state index contributed by atoms with van der Waals surface area (Å²) in [6.45, 7) is 9.64. The highest BCUT2D eigenvalue weighted by Gasteiger charge is 2.36. The van der Waals surface area contributed by atoms with Gasteiger partial charge in [0.25, 0.3) is 0 Å². The Bertz CT molecular complexity index is 1010. The fraction of sp³-hybridized carbons (Fsp3) is 0.450. The zero-order valence-corrected chi connectivity index (χ0v) is 15.9. The fourth-order valence-electron chi connectivity index (χ4n) is 4.10. The molecule has 140 valence electrons. The molecular weight excluding hydrogens is 340 g/mol. The first-order valence-corrected chi connectivity index (χ1v) is 9.48. The van der Waals surface area contributed by atoms with Crippen LogP contribution in [-0.2, 0) is 16.8 Å². The second-order valence-corrected chi connectivity index (χ2v) is 7.89. The van der Waals surface area contributed by atoms with Crippen LogP contribution in [0.4, 0.5) is 5.82 Å². The minimum atomic E-state index is -0.179. The second kappa shape index (κ2) is 6.00. The van der Waals surface area contributed by atoms with Gasteiger partial charge in [-0.2, -0.15) is 0 Å². The molecule has 5 rings (SSSR count). The van der Waals surface area contributed by atoms with E-state index in [1.165, 1.54) is 5.56 Å². The van der Waals surface area contributed by atoms with Crippen LogP contribution in [0.5, 0.6) is 0 Å². The molecule has 7 nitrogen and oxygen atoms in total. The van der Waals surface area contributed by atoms with E-state index in [1.807, 2.05) is 24.5 Å². The number of aromatic nitrogens is 4. The van der Waals surface area contributed by atoms with Crippen LogP contribution in [0.1, 0.15) is 32.0 Å². The molecule has 27 heavy (non-hydrogen) atoms. The lowest BCUT2D eigenvalue weighted by Gasteiger charge is -2.35. The standard InChI is InChI=1S/C20H24N6O/c1-12-11-27-9-8-26(12)19-15-10-23-20(2,3)16(15)24-18(25-19)14-5-7-22-17-13(14)4-6-21-17/h4-7,12,23H,8-11H2,1-3H3,(H,21,22)/t12-/m1/s1.